The number of methoxy groups -OCH3 is 1. The monoisotopic (exact) mass is 546 g/mol. The van der Waals surface area contributed by atoms with E-state index in [4.69, 9.17) is 14.2 Å². The summed E-state index contributed by atoms with van der Waals surface area (Å²) in [6, 6.07) is 14.2. The molecule has 0 aromatic heterocycles. The second kappa shape index (κ2) is 12.1. The third kappa shape index (κ3) is 8.32. The molecule has 1 fully saturated rings. The van der Waals surface area contributed by atoms with Gasteiger partial charge >= 0.3 is 12.3 Å². The highest BCUT2D eigenvalue weighted by atomic mass is 32.2. The molecule has 37 heavy (non-hydrogen) atoms. The largest absolute Gasteiger partial charge is 0.497 e. The molecule has 0 bridgehead atoms. The van der Waals surface area contributed by atoms with Crippen LogP contribution < -0.4 is 9.46 Å². The zero-order chi connectivity index (χ0) is 27.1. The van der Waals surface area contributed by atoms with Crippen LogP contribution in [0.4, 0.5) is 18.0 Å². The maximum atomic E-state index is 13.4. The number of piperidine rings is 1. The maximum absolute atomic E-state index is 13.4. The minimum Gasteiger partial charge on any atom is -0.497 e. The molecule has 0 unspecified atom stereocenters. The van der Waals surface area contributed by atoms with Crippen molar-refractivity contribution in [1.82, 2.24) is 9.62 Å². The minimum atomic E-state index is -4.85. The van der Waals surface area contributed by atoms with Crippen molar-refractivity contribution in [2.75, 3.05) is 33.4 Å². The number of rotatable bonds is 10. The Bertz CT molecular complexity index is 1120. The van der Waals surface area contributed by atoms with Gasteiger partial charge < -0.3 is 24.2 Å². The second-order valence-corrected chi connectivity index (χ2v) is 10.4. The Hall–Kier alpha value is -2.87. The first-order valence-electron chi connectivity index (χ1n) is 11.4. The van der Waals surface area contributed by atoms with Gasteiger partial charge in [0.05, 0.1) is 30.8 Å². The van der Waals surface area contributed by atoms with Gasteiger partial charge in [0.2, 0.25) is 16.1 Å². The van der Waals surface area contributed by atoms with Crippen molar-refractivity contribution >= 4 is 16.1 Å². The quantitative estimate of drug-likeness (QED) is 0.471. The Morgan fingerprint density at radius 1 is 1.11 bits per heavy atom. The molecule has 2 aromatic carbocycles. The van der Waals surface area contributed by atoms with E-state index in [1.54, 1.807) is 42.5 Å². The first kappa shape index (κ1) is 28.7. The van der Waals surface area contributed by atoms with Gasteiger partial charge in [-0.25, -0.2) is 17.9 Å². The lowest BCUT2D eigenvalue weighted by atomic mass is 9.92. The highest BCUT2D eigenvalue weighted by molar-refractivity contribution is 7.89. The molecule has 9 nitrogen and oxygen atoms in total. The predicted molar refractivity (Wildman–Crippen MR) is 126 cm³/mol. The Morgan fingerprint density at radius 2 is 1.73 bits per heavy atom. The van der Waals surface area contributed by atoms with Gasteiger partial charge in [-0.2, -0.15) is 13.2 Å². The summed E-state index contributed by atoms with van der Waals surface area (Å²) in [5.41, 5.74) is -0.852. The number of carbonyl (C=O) groups excluding carboxylic acids is 1. The number of carbonyl (C=O) groups is 1. The fourth-order valence-corrected chi connectivity index (χ4v) is 4.73. The van der Waals surface area contributed by atoms with Gasteiger partial charge in [-0.05, 0) is 42.7 Å². The number of halogens is 3. The van der Waals surface area contributed by atoms with Crippen LogP contribution in [0, 0.1) is 0 Å². The van der Waals surface area contributed by atoms with E-state index in [-0.39, 0.29) is 44.0 Å². The summed E-state index contributed by atoms with van der Waals surface area (Å²) >= 11 is 0. The molecule has 0 saturated carbocycles. The first-order chi connectivity index (χ1) is 17.4. The van der Waals surface area contributed by atoms with Gasteiger partial charge in [-0.3, -0.25) is 0 Å². The normalized spacial score (nSPS) is 16.7. The second-order valence-electron chi connectivity index (χ2n) is 8.63. The van der Waals surface area contributed by atoms with Crippen molar-refractivity contribution in [3.8, 4) is 5.75 Å². The summed E-state index contributed by atoms with van der Waals surface area (Å²) in [6.45, 7) is -1.54. The van der Waals surface area contributed by atoms with Crippen molar-refractivity contribution in [1.29, 1.82) is 0 Å². The molecule has 2 aromatic rings. The number of alkyl halides is 3. The van der Waals surface area contributed by atoms with Gasteiger partial charge in [-0.1, -0.05) is 30.3 Å². The lowest BCUT2D eigenvalue weighted by Crippen LogP contribution is -2.53. The molecule has 0 radical (unpaired) electrons. The molecule has 1 aliphatic rings. The van der Waals surface area contributed by atoms with Crippen molar-refractivity contribution in [3.05, 3.63) is 60.2 Å². The molecule has 1 atom stereocenters. The van der Waals surface area contributed by atoms with Gasteiger partial charge in [0.25, 0.3) is 0 Å². The molecule has 1 aliphatic heterocycles. The number of hydrogen-bond acceptors (Lipinski definition) is 7. The van der Waals surface area contributed by atoms with E-state index >= 15 is 0 Å². The average molecular weight is 547 g/mol. The van der Waals surface area contributed by atoms with Crippen LogP contribution in [0.25, 0.3) is 0 Å². The molecule has 1 amide bonds. The maximum Gasteiger partial charge on any atom is 0.427 e. The fourth-order valence-electron chi connectivity index (χ4n) is 3.59. The number of ether oxygens (including phenoxy) is 3. The number of amides is 1. The van der Waals surface area contributed by atoms with E-state index in [2.05, 4.69) is 4.72 Å². The molecule has 1 saturated heterocycles. The standard InChI is InChI=1S/C24H29F3N2O7S/c1-34-19-9-7-18(8-10-19)15-35-16-21(24(25,26)27)36-22(30)29-13-11-23(31,12-14-29)17-28-37(32,33)20-5-3-2-4-6-20/h2-10,21,28,31H,11-17H2,1H3/t21-/m1/s1. The number of nitrogens with zero attached hydrogens (tertiary/aromatic N) is 1. The van der Waals surface area contributed by atoms with Crippen molar-refractivity contribution in [3.63, 3.8) is 0 Å². The Kier molecular flexibility index (Phi) is 9.40. The summed E-state index contributed by atoms with van der Waals surface area (Å²) in [5.74, 6) is 0.591. The van der Waals surface area contributed by atoms with Crippen LogP contribution in [0.2, 0.25) is 0 Å². The van der Waals surface area contributed by atoms with Gasteiger partial charge in [0.15, 0.2) is 0 Å². The van der Waals surface area contributed by atoms with Gasteiger partial charge in [-0.15, -0.1) is 0 Å². The van der Waals surface area contributed by atoms with Crippen LogP contribution in [-0.4, -0.2) is 75.7 Å². The number of nitrogens with one attached hydrogen (secondary N) is 1. The van der Waals surface area contributed by atoms with Gasteiger partial charge in [0, 0.05) is 19.6 Å². The summed E-state index contributed by atoms with van der Waals surface area (Å²) in [6.07, 6.45) is -8.62. The van der Waals surface area contributed by atoms with Gasteiger partial charge in [0.1, 0.15) is 5.75 Å². The molecule has 13 heteroatoms. The first-order valence-corrected chi connectivity index (χ1v) is 12.9. The van der Waals surface area contributed by atoms with E-state index in [1.165, 1.54) is 19.2 Å². The Labute approximate surface area is 213 Å². The molecule has 1 heterocycles. The van der Waals surface area contributed by atoms with Crippen molar-refractivity contribution in [2.24, 2.45) is 0 Å². The zero-order valence-electron chi connectivity index (χ0n) is 20.1. The van der Waals surface area contributed by atoms with E-state index in [0.717, 1.165) is 4.90 Å². The molecular weight excluding hydrogens is 517 g/mol. The highest BCUT2D eigenvalue weighted by Crippen LogP contribution is 2.27. The Morgan fingerprint density at radius 3 is 2.30 bits per heavy atom. The fraction of sp³-hybridized carbons (Fsp3) is 0.458. The SMILES string of the molecule is COc1ccc(COC[C@@H](OC(=O)N2CCC(O)(CNS(=O)(=O)c3ccccc3)CC2)C(F)(F)F)cc1. The summed E-state index contributed by atoms with van der Waals surface area (Å²) in [5, 5.41) is 10.7. The highest BCUT2D eigenvalue weighted by Gasteiger charge is 2.44. The van der Waals surface area contributed by atoms with E-state index < -0.39 is 40.6 Å². The smallest absolute Gasteiger partial charge is 0.427 e. The van der Waals surface area contributed by atoms with Crippen LogP contribution in [0.15, 0.2) is 59.5 Å². The van der Waals surface area contributed by atoms with Crippen LogP contribution >= 0.6 is 0 Å². The minimum absolute atomic E-state index is 0.0343. The van der Waals surface area contributed by atoms with E-state index in [9.17, 15) is 31.5 Å². The summed E-state index contributed by atoms with van der Waals surface area (Å²) < 4.78 is 82.3. The van der Waals surface area contributed by atoms with Crippen LogP contribution in [0.3, 0.4) is 0 Å². The molecular formula is C24H29F3N2O7S. The Balaban J connectivity index is 1.49. The lowest BCUT2D eigenvalue weighted by molar-refractivity contribution is -0.220. The number of likely N-dealkylation sites (tertiary alicyclic amines) is 1. The molecule has 204 valence electrons. The molecule has 2 N–H and O–H groups in total. The van der Waals surface area contributed by atoms with Crippen molar-refractivity contribution in [2.45, 2.75) is 42.2 Å². The number of aliphatic hydroxyl groups is 1. The van der Waals surface area contributed by atoms with Crippen LogP contribution in [-0.2, 0) is 26.1 Å². The molecule has 0 aliphatic carbocycles. The third-order valence-corrected chi connectivity index (χ3v) is 7.32. The molecule has 3 rings (SSSR count). The number of hydrogen-bond donors (Lipinski definition) is 2. The third-order valence-electron chi connectivity index (χ3n) is 5.90. The van der Waals surface area contributed by atoms with E-state index in [0.29, 0.717) is 11.3 Å². The van der Waals surface area contributed by atoms with E-state index in [1.807, 2.05) is 0 Å². The number of benzene rings is 2. The number of sulfonamides is 1. The van der Waals surface area contributed by atoms with Crippen LogP contribution in [0.1, 0.15) is 18.4 Å². The van der Waals surface area contributed by atoms with Crippen LogP contribution in [0.5, 0.6) is 5.75 Å². The average Bonchev–Trinajstić information content (AvgIpc) is 2.88. The zero-order valence-corrected chi connectivity index (χ0v) is 20.9. The predicted octanol–water partition coefficient (Wildman–Crippen LogP) is 3.08. The summed E-state index contributed by atoms with van der Waals surface area (Å²) in [7, 11) is -2.36. The topological polar surface area (TPSA) is 114 Å². The van der Waals surface area contributed by atoms with Crippen molar-refractivity contribution < 1.29 is 45.7 Å². The summed E-state index contributed by atoms with van der Waals surface area (Å²) in [4.78, 5) is 13.5. The molecule has 0 spiro atoms. The lowest BCUT2D eigenvalue weighted by Gasteiger charge is -2.38.